The van der Waals surface area contributed by atoms with E-state index in [0.717, 1.165) is 25.8 Å². The number of nitrogens with zero attached hydrogens (tertiary/aromatic N) is 2. The SMILES string of the molecule is CCCC1CCC(C#N)C(N2CCOCC2C(=O)NC)C1. The topological polar surface area (TPSA) is 65.4 Å². The molecule has 2 aliphatic rings. The summed E-state index contributed by atoms with van der Waals surface area (Å²) in [5.74, 6) is 0.741. The quantitative estimate of drug-likeness (QED) is 0.854. The van der Waals surface area contributed by atoms with Crippen molar-refractivity contribution in [2.24, 2.45) is 11.8 Å². The zero-order valence-corrected chi connectivity index (χ0v) is 13.2. The zero-order chi connectivity index (χ0) is 15.2. The van der Waals surface area contributed by atoms with Crippen molar-refractivity contribution in [1.29, 1.82) is 5.26 Å². The van der Waals surface area contributed by atoms with Crippen molar-refractivity contribution in [2.75, 3.05) is 26.8 Å². The minimum Gasteiger partial charge on any atom is -0.378 e. The average Bonchev–Trinajstić information content (AvgIpc) is 2.54. The van der Waals surface area contributed by atoms with Crippen LogP contribution >= 0.6 is 0 Å². The Labute approximate surface area is 127 Å². The van der Waals surface area contributed by atoms with Crippen molar-refractivity contribution in [2.45, 2.75) is 51.1 Å². The molecule has 5 nitrogen and oxygen atoms in total. The number of hydrogen-bond donors (Lipinski definition) is 1. The maximum absolute atomic E-state index is 12.1. The van der Waals surface area contributed by atoms with E-state index in [-0.39, 0.29) is 23.9 Å². The third-order valence-corrected chi connectivity index (χ3v) is 4.93. The van der Waals surface area contributed by atoms with Crippen molar-refractivity contribution in [1.82, 2.24) is 10.2 Å². The fourth-order valence-corrected chi connectivity index (χ4v) is 3.83. The van der Waals surface area contributed by atoms with Crippen LogP contribution in [0.1, 0.15) is 39.0 Å². The minimum absolute atomic E-state index is 0.00371. The molecule has 1 saturated carbocycles. The van der Waals surface area contributed by atoms with E-state index in [4.69, 9.17) is 4.74 Å². The summed E-state index contributed by atoms with van der Waals surface area (Å²) in [6, 6.07) is 2.43. The summed E-state index contributed by atoms with van der Waals surface area (Å²) in [7, 11) is 1.66. The molecule has 21 heavy (non-hydrogen) atoms. The molecule has 5 heteroatoms. The van der Waals surface area contributed by atoms with Gasteiger partial charge in [-0.2, -0.15) is 5.26 Å². The number of rotatable bonds is 4. The second-order valence-corrected chi connectivity index (χ2v) is 6.21. The van der Waals surface area contributed by atoms with Gasteiger partial charge in [-0.1, -0.05) is 19.8 Å². The average molecular weight is 293 g/mol. The summed E-state index contributed by atoms with van der Waals surface area (Å²) < 4.78 is 5.48. The first-order valence-electron chi connectivity index (χ1n) is 8.15. The summed E-state index contributed by atoms with van der Waals surface area (Å²) in [5.41, 5.74) is 0. The summed E-state index contributed by atoms with van der Waals surface area (Å²) in [6.07, 6.45) is 5.57. The molecule has 4 unspecified atom stereocenters. The number of likely N-dealkylation sites (N-methyl/N-ethyl adjacent to an activating group) is 1. The maximum Gasteiger partial charge on any atom is 0.239 e. The third-order valence-electron chi connectivity index (χ3n) is 4.93. The molecule has 0 aromatic rings. The van der Waals surface area contributed by atoms with Gasteiger partial charge in [0.2, 0.25) is 5.91 Å². The van der Waals surface area contributed by atoms with Gasteiger partial charge >= 0.3 is 0 Å². The Kier molecular flexibility index (Phi) is 6.01. The number of nitrogens with one attached hydrogen (secondary N) is 1. The Bertz CT molecular complexity index is 393. The first-order chi connectivity index (χ1) is 10.2. The standard InChI is InChI=1S/C16H27N3O2/c1-3-4-12-5-6-13(10-17)14(9-12)19-7-8-21-11-15(19)16(20)18-2/h12-15H,3-9,11H2,1-2H3,(H,18,20). The highest BCUT2D eigenvalue weighted by molar-refractivity contribution is 5.81. The van der Waals surface area contributed by atoms with Gasteiger partial charge in [0, 0.05) is 19.6 Å². The normalized spacial score (nSPS) is 34.1. The number of ether oxygens (including phenoxy) is 1. The molecule has 1 amide bonds. The molecule has 1 saturated heterocycles. The number of carbonyl (C=O) groups is 1. The first-order valence-corrected chi connectivity index (χ1v) is 8.15. The Morgan fingerprint density at radius 3 is 2.95 bits per heavy atom. The zero-order valence-electron chi connectivity index (χ0n) is 13.2. The first kappa shape index (κ1) is 16.3. The van der Waals surface area contributed by atoms with E-state index in [1.165, 1.54) is 12.8 Å². The van der Waals surface area contributed by atoms with Gasteiger partial charge < -0.3 is 10.1 Å². The molecule has 4 atom stereocenters. The second kappa shape index (κ2) is 7.77. The van der Waals surface area contributed by atoms with E-state index in [9.17, 15) is 10.1 Å². The number of amides is 1. The van der Waals surface area contributed by atoms with E-state index in [0.29, 0.717) is 19.1 Å². The van der Waals surface area contributed by atoms with Crippen LogP contribution in [0.25, 0.3) is 0 Å². The van der Waals surface area contributed by atoms with Crippen LogP contribution in [0.3, 0.4) is 0 Å². The third kappa shape index (κ3) is 3.75. The van der Waals surface area contributed by atoms with Crippen LogP contribution in [0.4, 0.5) is 0 Å². The van der Waals surface area contributed by atoms with Gasteiger partial charge in [0.1, 0.15) is 6.04 Å². The molecule has 2 fully saturated rings. The van der Waals surface area contributed by atoms with Crippen molar-refractivity contribution >= 4 is 5.91 Å². The van der Waals surface area contributed by atoms with Crippen molar-refractivity contribution in [3.8, 4) is 6.07 Å². The highest BCUT2D eigenvalue weighted by atomic mass is 16.5. The molecule has 0 spiro atoms. The van der Waals surface area contributed by atoms with Gasteiger partial charge in [0.15, 0.2) is 0 Å². The number of carbonyl (C=O) groups excluding carboxylic acids is 1. The maximum atomic E-state index is 12.1. The lowest BCUT2D eigenvalue weighted by Gasteiger charge is -2.45. The molecule has 1 aliphatic heterocycles. The largest absolute Gasteiger partial charge is 0.378 e. The lowest BCUT2D eigenvalue weighted by molar-refractivity contribution is -0.136. The monoisotopic (exact) mass is 293 g/mol. The van der Waals surface area contributed by atoms with E-state index in [1.807, 2.05) is 0 Å². The Hall–Kier alpha value is -1.12. The van der Waals surface area contributed by atoms with E-state index >= 15 is 0 Å². The molecule has 1 N–H and O–H groups in total. The molecular formula is C16H27N3O2. The highest BCUT2D eigenvalue weighted by Crippen LogP contribution is 2.35. The van der Waals surface area contributed by atoms with Crippen LogP contribution in [0, 0.1) is 23.2 Å². The summed E-state index contributed by atoms with van der Waals surface area (Å²) in [4.78, 5) is 14.3. The van der Waals surface area contributed by atoms with Crippen molar-refractivity contribution < 1.29 is 9.53 Å². The molecule has 0 radical (unpaired) electrons. The number of morpholine rings is 1. The predicted molar refractivity (Wildman–Crippen MR) is 80.5 cm³/mol. The molecule has 1 heterocycles. The molecule has 1 aliphatic carbocycles. The van der Waals surface area contributed by atoms with E-state index < -0.39 is 0 Å². The van der Waals surface area contributed by atoms with Gasteiger partial charge in [-0.15, -0.1) is 0 Å². The summed E-state index contributed by atoms with van der Waals surface area (Å²) in [6.45, 7) is 4.06. The molecular weight excluding hydrogens is 266 g/mol. The second-order valence-electron chi connectivity index (χ2n) is 6.21. The number of hydrogen-bond acceptors (Lipinski definition) is 4. The van der Waals surface area contributed by atoms with Crippen LogP contribution in [0.2, 0.25) is 0 Å². The van der Waals surface area contributed by atoms with Gasteiger partial charge in [-0.25, -0.2) is 0 Å². The fraction of sp³-hybridized carbons (Fsp3) is 0.875. The van der Waals surface area contributed by atoms with Crippen molar-refractivity contribution in [3.05, 3.63) is 0 Å². The molecule has 0 bridgehead atoms. The molecule has 118 valence electrons. The highest BCUT2D eigenvalue weighted by Gasteiger charge is 2.40. The van der Waals surface area contributed by atoms with Gasteiger partial charge in [-0.05, 0) is 25.2 Å². The van der Waals surface area contributed by atoms with Crippen LogP contribution in [-0.4, -0.2) is 49.7 Å². The Morgan fingerprint density at radius 2 is 2.29 bits per heavy atom. The van der Waals surface area contributed by atoms with Crippen LogP contribution < -0.4 is 5.32 Å². The number of nitriles is 1. The van der Waals surface area contributed by atoms with E-state index in [1.54, 1.807) is 7.05 Å². The Morgan fingerprint density at radius 1 is 1.48 bits per heavy atom. The van der Waals surface area contributed by atoms with Gasteiger partial charge in [0.25, 0.3) is 0 Å². The summed E-state index contributed by atoms with van der Waals surface area (Å²) >= 11 is 0. The van der Waals surface area contributed by atoms with E-state index in [2.05, 4.69) is 23.2 Å². The van der Waals surface area contributed by atoms with Crippen LogP contribution in [-0.2, 0) is 9.53 Å². The Balaban J connectivity index is 2.13. The van der Waals surface area contributed by atoms with Gasteiger partial charge in [-0.3, -0.25) is 9.69 Å². The molecule has 0 aromatic heterocycles. The lowest BCUT2D eigenvalue weighted by atomic mass is 9.76. The molecule has 2 rings (SSSR count). The van der Waals surface area contributed by atoms with Gasteiger partial charge in [0.05, 0.1) is 25.2 Å². The molecule has 0 aromatic carbocycles. The predicted octanol–water partition coefficient (Wildman–Crippen LogP) is 1.54. The van der Waals surface area contributed by atoms with Crippen LogP contribution in [0.5, 0.6) is 0 Å². The summed E-state index contributed by atoms with van der Waals surface area (Å²) in [5, 5.41) is 12.2. The lowest BCUT2D eigenvalue weighted by Crippen LogP contribution is -2.59. The van der Waals surface area contributed by atoms with Crippen LogP contribution in [0.15, 0.2) is 0 Å². The fourth-order valence-electron chi connectivity index (χ4n) is 3.83. The smallest absolute Gasteiger partial charge is 0.239 e. The van der Waals surface area contributed by atoms with Crippen molar-refractivity contribution in [3.63, 3.8) is 0 Å². The minimum atomic E-state index is -0.245.